The lowest BCUT2D eigenvalue weighted by Gasteiger charge is -2.19. The largest absolute Gasteiger partial charge is 0.337 e. The first-order valence-electron chi connectivity index (χ1n) is 6.26. The highest BCUT2D eigenvalue weighted by Crippen LogP contribution is 2.24. The molecule has 6 heteroatoms. The van der Waals surface area contributed by atoms with Crippen LogP contribution in [0, 0.1) is 11.6 Å². The van der Waals surface area contributed by atoms with Crippen molar-refractivity contribution in [2.24, 2.45) is 0 Å². The minimum Gasteiger partial charge on any atom is -0.337 e. The first-order valence-corrected chi connectivity index (χ1v) is 6.26. The predicted octanol–water partition coefficient (Wildman–Crippen LogP) is 2.83. The first-order chi connectivity index (χ1) is 9.22. The molecule has 1 saturated heterocycles. The van der Waals surface area contributed by atoms with Gasteiger partial charge in [-0.2, -0.15) is 4.98 Å². The van der Waals surface area contributed by atoms with E-state index in [4.69, 9.17) is 4.52 Å². The topological polar surface area (TPSA) is 51.0 Å². The summed E-state index contributed by atoms with van der Waals surface area (Å²) in [5.74, 6) is -0.630. The molecule has 4 nitrogen and oxygen atoms in total. The Morgan fingerprint density at radius 1 is 1.16 bits per heavy atom. The lowest BCUT2D eigenvalue weighted by atomic mass is 10.1. The van der Waals surface area contributed by atoms with Crippen LogP contribution in [0.4, 0.5) is 8.78 Å². The highest BCUT2D eigenvalue weighted by atomic mass is 19.1. The predicted molar refractivity (Wildman–Crippen MR) is 64.2 cm³/mol. The first kappa shape index (κ1) is 12.2. The van der Waals surface area contributed by atoms with Crippen LogP contribution < -0.4 is 5.32 Å². The molecular weight excluding hydrogens is 252 g/mol. The average Bonchev–Trinajstić information content (AvgIpc) is 2.88. The van der Waals surface area contributed by atoms with Crippen molar-refractivity contribution in [3.05, 3.63) is 35.7 Å². The maximum atomic E-state index is 13.1. The summed E-state index contributed by atoms with van der Waals surface area (Å²) in [5, 5.41) is 7.06. The van der Waals surface area contributed by atoms with E-state index in [1.165, 1.54) is 12.1 Å². The molecule has 2 heterocycles. The zero-order chi connectivity index (χ0) is 13.2. The standard InChI is InChI=1S/C13H13F2N3O/c14-9-5-8(6-10(15)7-9)12-17-13(19-18-12)11-3-1-2-4-16-11/h5-7,11,16H,1-4H2/t11-/m0/s1. The van der Waals surface area contributed by atoms with Gasteiger partial charge in [-0.1, -0.05) is 11.6 Å². The van der Waals surface area contributed by atoms with Crippen molar-refractivity contribution in [2.75, 3.05) is 6.54 Å². The maximum Gasteiger partial charge on any atom is 0.244 e. The average molecular weight is 265 g/mol. The molecule has 1 aromatic carbocycles. The molecule has 3 rings (SSSR count). The van der Waals surface area contributed by atoms with Gasteiger partial charge in [0.15, 0.2) is 0 Å². The second kappa shape index (κ2) is 5.05. The second-order valence-electron chi connectivity index (χ2n) is 4.62. The molecule has 1 aromatic heterocycles. The van der Waals surface area contributed by atoms with Crippen molar-refractivity contribution in [1.29, 1.82) is 0 Å². The van der Waals surface area contributed by atoms with Crippen LogP contribution in [-0.4, -0.2) is 16.7 Å². The van der Waals surface area contributed by atoms with Gasteiger partial charge in [0.25, 0.3) is 0 Å². The fourth-order valence-corrected chi connectivity index (χ4v) is 2.24. The zero-order valence-corrected chi connectivity index (χ0v) is 10.2. The third-order valence-corrected chi connectivity index (χ3v) is 3.17. The van der Waals surface area contributed by atoms with Crippen LogP contribution in [0.25, 0.3) is 11.4 Å². The number of hydrogen-bond acceptors (Lipinski definition) is 4. The van der Waals surface area contributed by atoms with E-state index in [1.54, 1.807) is 0 Å². The normalized spacial score (nSPS) is 19.6. The molecule has 0 spiro atoms. The summed E-state index contributed by atoms with van der Waals surface area (Å²) in [4.78, 5) is 4.21. The molecule has 0 saturated carbocycles. The molecule has 1 N–H and O–H groups in total. The fraction of sp³-hybridized carbons (Fsp3) is 0.385. The Labute approximate surface area is 108 Å². The summed E-state index contributed by atoms with van der Waals surface area (Å²) in [6.45, 7) is 0.914. The summed E-state index contributed by atoms with van der Waals surface area (Å²) < 4.78 is 31.4. The molecule has 1 aliphatic heterocycles. The minimum absolute atomic E-state index is 0.0356. The van der Waals surface area contributed by atoms with Crippen LogP contribution in [-0.2, 0) is 0 Å². The van der Waals surface area contributed by atoms with E-state index >= 15 is 0 Å². The number of nitrogens with zero attached hydrogens (tertiary/aromatic N) is 2. The van der Waals surface area contributed by atoms with Gasteiger partial charge < -0.3 is 9.84 Å². The van der Waals surface area contributed by atoms with E-state index < -0.39 is 11.6 Å². The van der Waals surface area contributed by atoms with Gasteiger partial charge in [0, 0.05) is 11.6 Å². The molecule has 0 amide bonds. The SMILES string of the molecule is Fc1cc(F)cc(-c2noc([C@@H]3CCCCN3)n2)c1. The van der Waals surface area contributed by atoms with Crippen LogP contribution >= 0.6 is 0 Å². The summed E-state index contributed by atoms with van der Waals surface area (Å²) in [5.41, 5.74) is 0.281. The van der Waals surface area contributed by atoms with Crippen molar-refractivity contribution >= 4 is 0 Å². The highest BCUT2D eigenvalue weighted by Gasteiger charge is 2.21. The van der Waals surface area contributed by atoms with Crippen LogP contribution in [0.2, 0.25) is 0 Å². The van der Waals surface area contributed by atoms with Gasteiger partial charge in [0.2, 0.25) is 11.7 Å². The number of piperidine rings is 1. The molecule has 1 fully saturated rings. The van der Waals surface area contributed by atoms with Crippen molar-refractivity contribution in [3.8, 4) is 11.4 Å². The van der Waals surface area contributed by atoms with Crippen LogP contribution in [0.1, 0.15) is 31.2 Å². The van der Waals surface area contributed by atoms with Gasteiger partial charge in [0.1, 0.15) is 11.6 Å². The van der Waals surface area contributed by atoms with Crippen LogP contribution in [0.3, 0.4) is 0 Å². The van der Waals surface area contributed by atoms with Crippen molar-refractivity contribution in [1.82, 2.24) is 15.5 Å². The molecule has 0 radical (unpaired) electrons. The summed E-state index contributed by atoms with van der Waals surface area (Å²) in [7, 11) is 0. The molecule has 100 valence electrons. The van der Waals surface area contributed by atoms with E-state index in [9.17, 15) is 8.78 Å². The lowest BCUT2D eigenvalue weighted by Crippen LogP contribution is -2.26. The number of halogens is 2. The quantitative estimate of drug-likeness (QED) is 0.907. The lowest BCUT2D eigenvalue weighted by molar-refractivity contribution is 0.297. The van der Waals surface area contributed by atoms with Crippen molar-refractivity contribution in [3.63, 3.8) is 0 Å². The van der Waals surface area contributed by atoms with Crippen LogP contribution in [0.15, 0.2) is 22.7 Å². The third-order valence-electron chi connectivity index (χ3n) is 3.17. The Balaban J connectivity index is 1.87. The number of rotatable bonds is 2. The molecule has 1 atom stereocenters. The molecular formula is C13H13F2N3O. The maximum absolute atomic E-state index is 13.1. The second-order valence-corrected chi connectivity index (χ2v) is 4.62. The molecule has 0 bridgehead atoms. The Hall–Kier alpha value is -1.82. The Morgan fingerprint density at radius 3 is 2.63 bits per heavy atom. The summed E-state index contributed by atoms with van der Waals surface area (Å²) in [6.07, 6.45) is 3.16. The fourth-order valence-electron chi connectivity index (χ4n) is 2.24. The van der Waals surface area contributed by atoms with E-state index in [0.29, 0.717) is 5.89 Å². The van der Waals surface area contributed by atoms with Gasteiger partial charge >= 0.3 is 0 Å². The van der Waals surface area contributed by atoms with Gasteiger partial charge in [-0.3, -0.25) is 0 Å². The van der Waals surface area contributed by atoms with E-state index in [1.807, 2.05) is 0 Å². The number of aromatic nitrogens is 2. The number of nitrogens with one attached hydrogen (secondary N) is 1. The van der Waals surface area contributed by atoms with E-state index in [-0.39, 0.29) is 17.4 Å². The molecule has 19 heavy (non-hydrogen) atoms. The Kier molecular flexibility index (Phi) is 3.25. The molecule has 2 aromatic rings. The van der Waals surface area contributed by atoms with Gasteiger partial charge in [0.05, 0.1) is 6.04 Å². The Bertz CT molecular complexity index is 559. The van der Waals surface area contributed by atoms with Gasteiger partial charge in [-0.15, -0.1) is 0 Å². The van der Waals surface area contributed by atoms with Crippen molar-refractivity contribution in [2.45, 2.75) is 25.3 Å². The van der Waals surface area contributed by atoms with Crippen molar-refractivity contribution < 1.29 is 13.3 Å². The highest BCUT2D eigenvalue weighted by molar-refractivity contribution is 5.54. The molecule has 1 aliphatic rings. The molecule has 0 unspecified atom stereocenters. The van der Waals surface area contributed by atoms with Gasteiger partial charge in [-0.25, -0.2) is 8.78 Å². The van der Waals surface area contributed by atoms with Gasteiger partial charge in [-0.05, 0) is 31.5 Å². The summed E-state index contributed by atoms with van der Waals surface area (Å²) in [6, 6.07) is 3.22. The monoisotopic (exact) mass is 265 g/mol. The van der Waals surface area contributed by atoms with E-state index in [2.05, 4.69) is 15.5 Å². The summed E-state index contributed by atoms with van der Waals surface area (Å²) >= 11 is 0. The minimum atomic E-state index is -0.655. The third kappa shape index (κ3) is 2.63. The smallest absolute Gasteiger partial charge is 0.244 e. The van der Waals surface area contributed by atoms with E-state index in [0.717, 1.165) is 31.9 Å². The number of hydrogen-bond donors (Lipinski definition) is 1. The van der Waals surface area contributed by atoms with Crippen LogP contribution in [0.5, 0.6) is 0 Å². The number of benzene rings is 1. The Morgan fingerprint density at radius 2 is 1.95 bits per heavy atom. The zero-order valence-electron chi connectivity index (χ0n) is 10.2. The molecule has 0 aliphatic carbocycles.